The molecule has 1 atom stereocenters. The van der Waals surface area contributed by atoms with E-state index in [0.29, 0.717) is 35.1 Å². The molecule has 4 rings (SSSR count). The topological polar surface area (TPSA) is 121 Å². The zero-order valence-corrected chi connectivity index (χ0v) is 14.7. The maximum absolute atomic E-state index is 12.7. The largest absolute Gasteiger partial charge is 0.366 e. The average molecular weight is 352 g/mol. The Bertz CT molecular complexity index is 933. The highest BCUT2D eigenvalue weighted by atomic mass is 16.2. The molecule has 0 saturated heterocycles. The van der Waals surface area contributed by atoms with Gasteiger partial charge in [-0.3, -0.25) is 4.79 Å². The van der Waals surface area contributed by atoms with Gasteiger partial charge in [0.05, 0.1) is 11.2 Å². The normalized spacial score (nSPS) is 16.2. The fraction of sp³-hybridized carbons (Fsp3) is 0.412. The molecule has 3 aromatic heterocycles. The van der Waals surface area contributed by atoms with Crippen molar-refractivity contribution in [2.75, 3.05) is 11.9 Å². The smallest absolute Gasteiger partial charge is 0.270 e. The van der Waals surface area contributed by atoms with Gasteiger partial charge in [0, 0.05) is 6.54 Å². The molecule has 0 radical (unpaired) electrons. The van der Waals surface area contributed by atoms with E-state index in [1.807, 2.05) is 26.0 Å². The Morgan fingerprint density at radius 3 is 2.81 bits per heavy atom. The van der Waals surface area contributed by atoms with Crippen molar-refractivity contribution < 1.29 is 4.79 Å². The van der Waals surface area contributed by atoms with Crippen molar-refractivity contribution in [1.82, 2.24) is 35.9 Å². The molecule has 1 unspecified atom stereocenters. The van der Waals surface area contributed by atoms with Crippen LogP contribution in [0.5, 0.6) is 0 Å². The van der Waals surface area contributed by atoms with Gasteiger partial charge in [0.1, 0.15) is 17.0 Å². The maximum Gasteiger partial charge on any atom is 0.270 e. The van der Waals surface area contributed by atoms with Gasteiger partial charge in [-0.2, -0.15) is 15.4 Å². The van der Waals surface area contributed by atoms with Gasteiger partial charge >= 0.3 is 0 Å². The van der Waals surface area contributed by atoms with Gasteiger partial charge in [-0.1, -0.05) is 0 Å². The van der Waals surface area contributed by atoms with Crippen LogP contribution in [0.15, 0.2) is 24.3 Å². The minimum Gasteiger partial charge on any atom is -0.366 e. The summed E-state index contributed by atoms with van der Waals surface area (Å²) in [4.78, 5) is 17.0. The van der Waals surface area contributed by atoms with E-state index in [4.69, 9.17) is 0 Å². The highest BCUT2D eigenvalue weighted by Crippen LogP contribution is 2.39. The van der Waals surface area contributed by atoms with Crippen LogP contribution >= 0.6 is 0 Å². The number of aryl methyl sites for hydroxylation is 1. The SMILES string of the molecule is Cc1ccc(NCC(C)(NC(=O)c2ccc3n[nH]nc3n2)C2CC2)nn1. The number of carbonyl (C=O) groups is 1. The fourth-order valence-corrected chi connectivity index (χ4v) is 2.97. The van der Waals surface area contributed by atoms with Gasteiger partial charge in [0.15, 0.2) is 0 Å². The van der Waals surface area contributed by atoms with E-state index < -0.39 is 5.54 Å². The molecule has 0 bridgehead atoms. The Labute approximate surface area is 150 Å². The third-order valence-corrected chi connectivity index (χ3v) is 4.73. The zero-order valence-electron chi connectivity index (χ0n) is 14.7. The van der Waals surface area contributed by atoms with Crippen LogP contribution in [-0.4, -0.2) is 48.6 Å². The molecule has 1 saturated carbocycles. The van der Waals surface area contributed by atoms with Crippen LogP contribution in [-0.2, 0) is 0 Å². The van der Waals surface area contributed by atoms with E-state index in [1.165, 1.54) is 0 Å². The third-order valence-electron chi connectivity index (χ3n) is 4.73. The first-order valence-electron chi connectivity index (χ1n) is 8.58. The number of aromatic nitrogens is 6. The van der Waals surface area contributed by atoms with E-state index >= 15 is 0 Å². The maximum atomic E-state index is 12.7. The summed E-state index contributed by atoms with van der Waals surface area (Å²) in [5.74, 6) is 0.896. The number of hydrogen-bond acceptors (Lipinski definition) is 7. The fourth-order valence-electron chi connectivity index (χ4n) is 2.97. The molecule has 1 aliphatic rings. The summed E-state index contributed by atoms with van der Waals surface area (Å²) >= 11 is 0. The predicted molar refractivity (Wildman–Crippen MR) is 95.5 cm³/mol. The summed E-state index contributed by atoms with van der Waals surface area (Å²) in [6.07, 6.45) is 2.18. The zero-order chi connectivity index (χ0) is 18.1. The Morgan fingerprint density at radius 2 is 2.08 bits per heavy atom. The van der Waals surface area contributed by atoms with Gasteiger partial charge < -0.3 is 10.6 Å². The number of fused-ring (bicyclic) bond motifs is 1. The highest BCUT2D eigenvalue weighted by molar-refractivity contribution is 5.94. The second kappa shape index (κ2) is 6.32. The summed E-state index contributed by atoms with van der Waals surface area (Å²) < 4.78 is 0. The van der Waals surface area contributed by atoms with Gasteiger partial charge in [-0.15, -0.1) is 10.2 Å². The van der Waals surface area contributed by atoms with Crippen molar-refractivity contribution in [3.8, 4) is 0 Å². The second-order valence-corrected chi connectivity index (χ2v) is 6.92. The molecule has 3 N–H and O–H groups in total. The summed E-state index contributed by atoms with van der Waals surface area (Å²) in [5.41, 5.74) is 1.85. The molecule has 9 heteroatoms. The number of anilines is 1. The van der Waals surface area contributed by atoms with Crippen molar-refractivity contribution in [3.63, 3.8) is 0 Å². The summed E-state index contributed by atoms with van der Waals surface area (Å²) in [6.45, 7) is 4.50. The van der Waals surface area contributed by atoms with Crippen molar-refractivity contribution in [1.29, 1.82) is 0 Å². The van der Waals surface area contributed by atoms with Gasteiger partial charge in [0.2, 0.25) is 5.65 Å². The Kier molecular flexibility index (Phi) is 3.98. The lowest BCUT2D eigenvalue weighted by atomic mass is 9.95. The van der Waals surface area contributed by atoms with E-state index in [9.17, 15) is 4.79 Å². The molecule has 1 aliphatic carbocycles. The number of amides is 1. The van der Waals surface area contributed by atoms with Crippen molar-refractivity contribution in [2.24, 2.45) is 5.92 Å². The van der Waals surface area contributed by atoms with Crippen LogP contribution < -0.4 is 10.6 Å². The molecule has 3 heterocycles. The first kappa shape index (κ1) is 16.4. The number of nitrogens with zero attached hydrogens (tertiary/aromatic N) is 5. The molecule has 9 nitrogen and oxygen atoms in total. The molecule has 0 aliphatic heterocycles. The summed E-state index contributed by atoms with van der Waals surface area (Å²) in [6, 6.07) is 7.18. The van der Waals surface area contributed by atoms with Crippen LogP contribution in [0.4, 0.5) is 5.82 Å². The number of aromatic amines is 1. The number of hydrogen-bond donors (Lipinski definition) is 3. The Hall–Kier alpha value is -3.10. The highest BCUT2D eigenvalue weighted by Gasteiger charge is 2.42. The standard InChI is InChI=1S/C17H20N8O/c1-10-3-8-14(23-21-10)18-9-17(2,11-4-5-11)20-16(26)13-7-6-12-15(19-13)24-25-22-12/h3,6-8,11H,4-5,9H2,1-2H3,(H,18,23)(H,20,26)(H,19,22,24,25). The second-order valence-electron chi connectivity index (χ2n) is 6.92. The number of pyridine rings is 1. The predicted octanol–water partition coefficient (Wildman–Crippen LogP) is 1.46. The van der Waals surface area contributed by atoms with Crippen LogP contribution in [0.2, 0.25) is 0 Å². The minimum atomic E-state index is -0.399. The lowest BCUT2D eigenvalue weighted by Crippen LogP contribution is -2.52. The first-order chi connectivity index (χ1) is 12.5. The van der Waals surface area contributed by atoms with Crippen LogP contribution in [0.25, 0.3) is 11.2 Å². The van der Waals surface area contributed by atoms with E-state index in [0.717, 1.165) is 18.5 Å². The average Bonchev–Trinajstić information content (AvgIpc) is 3.40. The van der Waals surface area contributed by atoms with Crippen molar-refractivity contribution in [2.45, 2.75) is 32.2 Å². The van der Waals surface area contributed by atoms with E-state index in [1.54, 1.807) is 12.1 Å². The molecule has 134 valence electrons. The molecular weight excluding hydrogens is 332 g/mol. The Balaban J connectivity index is 1.48. The van der Waals surface area contributed by atoms with Crippen molar-refractivity contribution >= 4 is 22.9 Å². The number of nitrogens with one attached hydrogen (secondary N) is 3. The summed E-state index contributed by atoms with van der Waals surface area (Å²) in [7, 11) is 0. The van der Waals surface area contributed by atoms with E-state index in [-0.39, 0.29) is 5.91 Å². The van der Waals surface area contributed by atoms with Gasteiger partial charge in [-0.05, 0) is 56.9 Å². The Morgan fingerprint density at radius 1 is 1.23 bits per heavy atom. The lowest BCUT2D eigenvalue weighted by molar-refractivity contribution is 0.0895. The molecule has 1 fully saturated rings. The summed E-state index contributed by atoms with van der Waals surface area (Å²) in [5, 5.41) is 25.0. The third kappa shape index (κ3) is 3.32. The minimum absolute atomic E-state index is 0.221. The number of rotatable bonds is 6. The first-order valence-corrected chi connectivity index (χ1v) is 8.58. The number of H-pyrrole nitrogens is 1. The monoisotopic (exact) mass is 352 g/mol. The lowest BCUT2D eigenvalue weighted by Gasteiger charge is -2.31. The molecule has 26 heavy (non-hydrogen) atoms. The number of carbonyl (C=O) groups excluding carboxylic acids is 1. The molecule has 0 aromatic carbocycles. The van der Waals surface area contributed by atoms with Crippen LogP contribution in [0, 0.1) is 12.8 Å². The van der Waals surface area contributed by atoms with Crippen molar-refractivity contribution in [3.05, 3.63) is 35.7 Å². The van der Waals surface area contributed by atoms with Gasteiger partial charge in [-0.25, -0.2) is 4.98 Å². The molecule has 0 spiro atoms. The van der Waals surface area contributed by atoms with E-state index in [2.05, 4.69) is 41.2 Å². The molecule has 1 amide bonds. The quantitative estimate of drug-likeness (QED) is 0.614. The molecule has 3 aromatic rings. The van der Waals surface area contributed by atoms with Crippen LogP contribution in [0.3, 0.4) is 0 Å². The van der Waals surface area contributed by atoms with Gasteiger partial charge in [0.25, 0.3) is 5.91 Å². The molecular formula is C17H20N8O. The van der Waals surface area contributed by atoms with Crippen LogP contribution in [0.1, 0.15) is 35.9 Å².